The van der Waals surface area contributed by atoms with Crippen molar-refractivity contribution in [3.8, 4) is 0 Å². The molecule has 0 bridgehead atoms. The van der Waals surface area contributed by atoms with E-state index >= 15 is 0 Å². The van der Waals surface area contributed by atoms with Gasteiger partial charge < -0.3 is 10.6 Å². The van der Waals surface area contributed by atoms with Gasteiger partial charge in [-0.15, -0.1) is 0 Å². The van der Waals surface area contributed by atoms with Crippen molar-refractivity contribution >= 4 is 22.4 Å². The van der Waals surface area contributed by atoms with Crippen LogP contribution in [0.1, 0.15) is 36.9 Å². The zero-order chi connectivity index (χ0) is 17.9. The Morgan fingerprint density at radius 2 is 1.81 bits per heavy atom. The third kappa shape index (κ3) is 3.49. The van der Waals surface area contributed by atoms with Gasteiger partial charge in [-0.25, -0.2) is 0 Å². The molecule has 3 aromatic carbocycles. The molecule has 0 unspecified atom stereocenters. The molecule has 3 aromatic rings. The molecule has 132 valence electrons. The van der Waals surface area contributed by atoms with Crippen LogP contribution in [0.4, 0.5) is 5.69 Å². The molecule has 3 nitrogen and oxygen atoms in total. The number of benzene rings is 3. The number of hydrogen-bond donors (Lipinski definition) is 2. The fraction of sp³-hybridized carbons (Fsp3) is 0.261. The number of carbonyl (C=O) groups is 1. The first-order valence-electron chi connectivity index (χ1n) is 9.43. The number of quaternary nitrogens is 1. The Balaban J connectivity index is 1.45. The highest BCUT2D eigenvalue weighted by molar-refractivity contribution is 5.96. The third-order valence-corrected chi connectivity index (χ3v) is 5.37. The van der Waals surface area contributed by atoms with Gasteiger partial charge in [-0.2, -0.15) is 0 Å². The molecule has 0 spiro atoms. The maximum atomic E-state index is 12.7. The van der Waals surface area contributed by atoms with Crippen LogP contribution in [0.3, 0.4) is 0 Å². The van der Waals surface area contributed by atoms with E-state index in [1.54, 1.807) is 0 Å². The predicted molar refractivity (Wildman–Crippen MR) is 106 cm³/mol. The Morgan fingerprint density at radius 3 is 2.69 bits per heavy atom. The monoisotopic (exact) mass is 345 g/mol. The predicted octanol–water partition coefficient (Wildman–Crippen LogP) is 3.81. The number of anilines is 1. The third-order valence-electron chi connectivity index (χ3n) is 5.37. The van der Waals surface area contributed by atoms with Gasteiger partial charge in [0.15, 0.2) is 6.04 Å². The first-order chi connectivity index (χ1) is 12.7. The highest BCUT2D eigenvalue weighted by Gasteiger charge is 2.27. The summed E-state index contributed by atoms with van der Waals surface area (Å²) < 4.78 is 0. The van der Waals surface area contributed by atoms with Gasteiger partial charge in [0.05, 0.1) is 0 Å². The van der Waals surface area contributed by atoms with E-state index in [1.807, 2.05) is 31.2 Å². The highest BCUT2D eigenvalue weighted by Crippen LogP contribution is 2.26. The van der Waals surface area contributed by atoms with Gasteiger partial charge in [-0.3, -0.25) is 4.79 Å². The molecule has 0 aliphatic heterocycles. The Bertz CT molecular complexity index is 934. The van der Waals surface area contributed by atoms with Gasteiger partial charge >= 0.3 is 0 Å². The van der Waals surface area contributed by atoms with E-state index in [9.17, 15) is 4.79 Å². The molecule has 3 N–H and O–H groups in total. The molecule has 0 aromatic heterocycles. The standard InChI is InChI=1S/C23H24N2O/c1-16(24-22-12-6-10-18-8-4-5-11-21(18)22)23(26)25-20-14-13-17-7-2-3-9-19(17)15-20/h2-5,7-9,11,13-16,22,24H,6,10,12H2,1H3,(H,25,26)/p+1/t16-,22+/m0/s1. The second kappa shape index (κ2) is 7.30. The lowest BCUT2D eigenvalue weighted by Crippen LogP contribution is -2.92. The van der Waals surface area contributed by atoms with Crippen LogP contribution in [0.15, 0.2) is 66.7 Å². The average Bonchev–Trinajstić information content (AvgIpc) is 2.68. The van der Waals surface area contributed by atoms with E-state index in [0.29, 0.717) is 6.04 Å². The molecule has 1 amide bonds. The first-order valence-corrected chi connectivity index (χ1v) is 9.43. The number of nitrogens with one attached hydrogen (secondary N) is 1. The van der Waals surface area contributed by atoms with Crippen molar-refractivity contribution < 1.29 is 10.1 Å². The summed E-state index contributed by atoms with van der Waals surface area (Å²) in [4.78, 5) is 12.7. The van der Waals surface area contributed by atoms with Crippen molar-refractivity contribution in [2.24, 2.45) is 0 Å². The molecule has 1 aliphatic carbocycles. The molecule has 0 radical (unpaired) electrons. The van der Waals surface area contributed by atoms with Crippen LogP contribution < -0.4 is 10.6 Å². The average molecular weight is 345 g/mol. The summed E-state index contributed by atoms with van der Waals surface area (Å²) in [6.07, 6.45) is 3.47. The molecule has 1 aliphatic rings. The minimum Gasteiger partial charge on any atom is -0.330 e. The van der Waals surface area contributed by atoms with Crippen LogP contribution >= 0.6 is 0 Å². The zero-order valence-corrected chi connectivity index (χ0v) is 15.1. The number of fused-ring (bicyclic) bond motifs is 2. The van der Waals surface area contributed by atoms with Crippen molar-refractivity contribution in [1.29, 1.82) is 0 Å². The van der Waals surface area contributed by atoms with Crippen LogP contribution in [-0.4, -0.2) is 11.9 Å². The van der Waals surface area contributed by atoms with E-state index in [0.717, 1.165) is 23.9 Å². The molecule has 0 saturated heterocycles. The first kappa shape index (κ1) is 16.8. The maximum absolute atomic E-state index is 12.7. The second-order valence-electron chi connectivity index (χ2n) is 7.23. The van der Waals surface area contributed by atoms with E-state index in [-0.39, 0.29) is 11.9 Å². The minimum absolute atomic E-state index is 0.0586. The number of amides is 1. The van der Waals surface area contributed by atoms with Gasteiger partial charge in [0.1, 0.15) is 6.04 Å². The molecule has 4 rings (SSSR count). The van der Waals surface area contributed by atoms with Gasteiger partial charge in [-0.1, -0.05) is 54.6 Å². The normalized spacial score (nSPS) is 17.5. The van der Waals surface area contributed by atoms with Crippen molar-refractivity contribution in [1.82, 2.24) is 0 Å². The summed E-state index contributed by atoms with van der Waals surface area (Å²) in [5.41, 5.74) is 3.68. The second-order valence-corrected chi connectivity index (χ2v) is 7.23. The van der Waals surface area contributed by atoms with E-state index in [1.165, 1.54) is 22.9 Å². The lowest BCUT2D eigenvalue weighted by Gasteiger charge is -2.26. The maximum Gasteiger partial charge on any atom is 0.282 e. The summed E-state index contributed by atoms with van der Waals surface area (Å²) in [6, 6.07) is 23.1. The number of nitrogens with two attached hydrogens (primary N) is 1. The van der Waals surface area contributed by atoms with E-state index < -0.39 is 0 Å². The van der Waals surface area contributed by atoms with Gasteiger partial charge in [-0.05, 0) is 48.2 Å². The molecule has 3 heteroatoms. The zero-order valence-electron chi connectivity index (χ0n) is 15.1. The van der Waals surface area contributed by atoms with E-state index in [4.69, 9.17) is 0 Å². The van der Waals surface area contributed by atoms with Crippen molar-refractivity contribution in [3.05, 3.63) is 77.9 Å². The van der Waals surface area contributed by atoms with Crippen molar-refractivity contribution in [2.45, 2.75) is 38.3 Å². The topological polar surface area (TPSA) is 45.7 Å². The largest absolute Gasteiger partial charge is 0.330 e. The summed E-state index contributed by atoms with van der Waals surface area (Å²) >= 11 is 0. The molecule has 0 saturated carbocycles. The van der Waals surface area contributed by atoms with Crippen LogP contribution in [0.25, 0.3) is 10.8 Å². The van der Waals surface area contributed by atoms with Crippen LogP contribution in [0.2, 0.25) is 0 Å². The molecular formula is C23H25N2O+. The van der Waals surface area contributed by atoms with Gasteiger partial charge in [0, 0.05) is 17.7 Å². The minimum atomic E-state index is -0.127. The van der Waals surface area contributed by atoms with Gasteiger partial charge in [0.25, 0.3) is 5.91 Å². The summed E-state index contributed by atoms with van der Waals surface area (Å²) in [6.45, 7) is 1.99. The SMILES string of the molecule is C[C@H]([NH2+][C@@H]1CCCc2ccccc21)C(=O)Nc1ccc2ccccc2c1. The fourth-order valence-corrected chi connectivity index (χ4v) is 3.95. The quantitative estimate of drug-likeness (QED) is 0.742. The van der Waals surface area contributed by atoms with Crippen molar-refractivity contribution in [2.75, 3.05) is 5.32 Å². The highest BCUT2D eigenvalue weighted by atomic mass is 16.2. The molecule has 0 fully saturated rings. The van der Waals surface area contributed by atoms with Crippen LogP contribution in [0.5, 0.6) is 0 Å². The Hall–Kier alpha value is -2.65. The van der Waals surface area contributed by atoms with Crippen LogP contribution in [-0.2, 0) is 11.2 Å². The molecule has 0 heterocycles. The number of aryl methyl sites for hydroxylation is 1. The van der Waals surface area contributed by atoms with E-state index in [2.05, 4.69) is 53.1 Å². The summed E-state index contributed by atoms with van der Waals surface area (Å²) in [5, 5.41) is 7.62. The number of rotatable bonds is 4. The number of carbonyl (C=O) groups excluding carboxylic acids is 1. The summed E-state index contributed by atoms with van der Waals surface area (Å²) in [5.74, 6) is 0.0586. The molecule has 26 heavy (non-hydrogen) atoms. The molecule has 2 atom stereocenters. The Kier molecular flexibility index (Phi) is 4.72. The lowest BCUT2D eigenvalue weighted by atomic mass is 9.87. The Morgan fingerprint density at radius 1 is 1.04 bits per heavy atom. The summed E-state index contributed by atoms with van der Waals surface area (Å²) in [7, 11) is 0. The fourth-order valence-electron chi connectivity index (χ4n) is 3.95. The molecular weight excluding hydrogens is 320 g/mol. The van der Waals surface area contributed by atoms with Crippen LogP contribution in [0, 0.1) is 0 Å². The van der Waals surface area contributed by atoms with Gasteiger partial charge in [0.2, 0.25) is 0 Å². The van der Waals surface area contributed by atoms with Crippen molar-refractivity contribution in [3.63, 3.8) is 0 Å². The number of hydrogen-bond acceptors (Lipinski definition) is 1. The lowest BCUT2D eigenvalue weighted by molar-refractivity contribution is -0.714. The Labute approximate surface area is 154 Å². The smallest absolute Gasteiger partial charge is 0.282 e.